The molecule has 214 valence electrons. The number of hydrogen-bond acceptors (Lipinski definition) is 6. The Kier molecular flexibility index (Phi) is 14.2. The molecule has 38 heavy (non-hydrogen) atoms. The Balaban J connectivity index is 3.44. The van der Waals surface area contributed by atoms with Gasteiger partial charge in [0.2, 0.25) is 17.7 Å². The normalized spacial score (nSPS) is 12.8. The van der Waals surface area contributed by atoms with Crippen molar-refractivity contribution in [3.05, 3.63) is 29.8 Å². The Morgan fingerprint density at radius 3 is 2.18 bits per heavy atom. The number of primary amides is 1. The maximum absolute atomic E-state index is 14.0. The van der Waals surface area contributed by atoms with Crippen LogP contribution >= 0.6 is 0 Å². The van der Waals surface area contributed by atoms with Gasteiger partial charge in [-0.05, 0) is 57.7 Å². The van der Waals surface area contributed by atoms with Gasteiger partial charge >= 0.3 is 6.09 Å². The van der Waals surface area contributed by atoms with E-state index in [1.807, 2.05) is 6.92 Å². The molecule has 10 heteroatoms. The van der Waals surface area contributed by atoms with E-state index in [0.29, 0.717) is 18.5 Å². The van der Waals surface area contributed by atoms with E-state index in [9.17, 15) is 24.3 Å². The molecule has 10 nitrogen and oxygen atoms in total. The highest BCUT2D eigenvalue weighted by Crippen LogP contribution is 2.26. The number of carbonyl (C=O) groups is 4. The van der Waals surface area contributed by atoms with Gasteiger partial charge in [0.25, 0.3) is 0 Å². The maximum atomic E-state index is 14.0. The van der Waals surface area contributed by atoms with Gasteiger partial charge in [0.15, 0.2) is 0 Å². The van der Waals surface area contributed by atoms with Crippen molar-refractivity contribution in [3.8, 4) is 5.75 Å². The Labute approximate surface area is 226 Å². The fraction of sp³-hybridized carbons (Fsp3) is 0.643. The molecule has 2 atom stereocenters. The molecule has 1 aromatic carbocycles. The summed E-state index contributed by atoms with van der Waals surface area (Å²) in [5.74, 6) is -1.46. The smallest absolute Gasteiger partial charge is 0.408 e. The third kappa shape index (κ3) is 12.3. The van der Waals surface area contributed by atoms with Gasteiger partial charge in [0.1, 0.15) is 23.4 Å². The summed E-state index contributed by atoms with van der Waals surface area (Å²) in [5, 5.41) is 15.3. The highest BCUT2D eigenvalue weighted by atomic mass is 16.6. The van der Waals surface area contributed by atoms with Gasteiger partial charge < -0.3 is 31.1 Å². The molecular weight excluding hydrogens is 488 g/mol. The molecule has 1 rings (SSSR count). The number of nitrogens with zero attached hydrogens (tertiary/aromatic N) is 1. The second-order valence-electron chi connectivity index (χ2n) is 10.4. The van der Waals surface area contributed by atoms with Gasteiger partial charge in [-0.2, -0.15) is 0 Å². The Morgan fingerprint density at radius 1 is 1.00 bits per heavy atom. The number of hydrogen-bond donors (Lipinski definition) is 4. The minimum absolute atomic E-state index is 0.0330. The van der Waals surface area contributed by atoms with Gasteiger partial charge in [-0.15, -0.1) is 0 Å². The lowest BCUT2D eigenvalue weighted by Crippen LogP contribution is -2.53. The number of unbranched alkanes of at least 4 members (excludes halogenated alkanes) is 4. The molecular formula is C28H46N4O6. The van der Waals surface area contributed by atoms with Crippen LogP contribution in [0.5, 0.6) is 5.75 Å². The van der Waals surface area contributed by atoms with E-state index in [1.54, 1.807) is 32.9 Å². The summed E-state index contributed by atoms with van der Waals surface area (Å²) in [7, 11) is 0. The van der Waals surface area contributed by atoms with Gasteiger partial charge in [0, 0.05) is 19.5 Å². The first kappa shape index (κ1) is 32.7. The molecule has 4 amide bonds. The zero-order valence-corrected chi connectivity index (χ0v) is 23.5. The Hall–Kier alpha value is -3.30. The van der Waals surface area contributed by atoms with E-state index in [-0.39, 0.29) is 31.0 Å². The molecule has 0 aliphatic rings. The molecule has 0 bridgehead atoms. The molecule has 0 aliphatic heterocycles. The van der Waals surface area contributed by atoms with Crippen LogP contribution in [0.15, 0.2) is 24.3 Å². The number of rotatable bonds is 16. The van der Waals surface area contributed by atoms with E-state index < -0.39 is 35.6 Å². The SMILES string of the molecule is CCCCCCN(C(=O)C(CCC(N)=O)NC(=O)OC(C)(C)C)C(C(=O)NCCCC)c1ccc(O)cc1. The topological polar surface area (TPSA) is 151 Å². The summed E-state index contributed by atoms with van der Waals surface area (Å²) in [6, 6.07) is 4.00. The Morgan fingerprint density at radius 2 is 1.63 bits per heavy atom. The lowest BCUT2D eigenvalue weighted by Gasteiger charge is -2.34. The number of ether oxygens (including phenoxy) is 1. The van der Waals surface area contributed by atoms with Crippen molar-refractivity contribution in [2.45, 2.75) is 104 Å². The van der Waals surface area contributed by atoms with Crippen LogP contribution < -0.4 is 16.4 Å². The van der Waals surface area contributed by atoms with Crippen LogP contribution in [0.3, 0.4) is 0 Å². The number of benzene rings is 1. The van der Waals surface area contributed by atoms with Crippen molar-refractivity contribution in [1.82, 2.24) is 15.5 Å². The van der Waals surface area contributed by atoms with E-state index in [4.69, 9.17) is 10.5 Å². The minimum atomic E-state index is -1.13. The fourth-order valence-corrected chi connectivity index (χ4v) is 3.88. The highest BCUT2D eigenvalue weighted by Gasteiger charge is 2.36. The quantitative estimate of drug-likeness (QED) is 0.236. The molecule has 0 heterocycles. The lowest BCUT2D eigenvalue weighted by molar-refractivity contribution is -0.142. The first-order chi connectivity index (χ1) is 17.9. The van der Waals surface area contributed by atoms with E-state index in [0.717, 1.165) is 32.1 Å². The highest BCUT2D eigenvalue weighted by molar-refractivity contribution is 5.92. The summed E-state index contributed by atoms with van der Waals surface area (Å²) in [4.78, 5) is 53.1. The third-order valence-electron chi connectivity index (χ3n) is 5.80. The van der Waals surface area contributed by atoms with Crippen molar-refractivity contribution in [2.75, 3.05) is 13.1 Å². The van der Waals surface area contributed by atoms with Gasteiger partial charge in [-0.25, -0.2) is 4.79 Å². The van der Waals surface area contributed by atoms with E-state index in [2.05, 4.69) is 17.6 Å². The second-order valence-corrected chi connectivity index (χ2v) is 10.4. The first-order valence-electron chi connectivity index (χ1n) is 13.5. The number of phenolic OH excluding ortho intramolecular Hbond substituents is 1. The van der Waals surface area contributed by atoms with Crippen molar-refractivity contribution in [3.63, 3.8) is 0 Å². The number of aromatic hydroxyl groups is 1. The van der Waals surface area contributed by atoms with Gasteiger partial charge in [0.05, 0.1) is 0 Å². The predicted molar refractivity (Wildman–Crippen MR) is 146 cm³/mol. The van der Waals surface area contributed by atoms with Crippen LogP contribution in [-0.4, -0.2) is 58.6 Å². The number of nitrogens with two attached hydrogens (primary N) is 1. The van der Waals surface area contributed by atoms with Crippen LogP contribution in [0.4, 0.5) is 4.79 Å². The zero-order valence-electron chi connectivity index (χ0n) is 23.5. The van der Waals surface area contributed by atoms with Crippen molar-refractivity contribution in [2.24, 2.45) is 5.73 Å². The van der Waals surface area contributed by atoms with Gasteiger partial charge in [-0.3, -0.25) is 14.4 Å². The summed E-state index contributed by atoms with van der Waals surface area (Å²) < 4.78 is 5.35. The average molecular weight is 535 g/mol. The van der Waals surface area contributed by atoms with E-state index in [1.165, 1.54) is 17.0 Å². The number of nitrogens with one attached hydrogen (secondary N) is 2. The zero-order chi connectivity index (χ0) is 28.7. The fourth-order valence-electron chi connectivity index (χ4n) is 3.88. The number of alkyl carbamates (subject to hydrolysis) is 1. The maximum Gasteiger partial charge on any atom is 0.408 e. The van der Waals surface area contributed by atoms with Crippen LogP contribution in [-0.2, 0) is 19.1 Å². The van der Waals surface area contributed by atoms with Crippen molar-refractivity contribution in [1.29, 1.82) is 0 Å². The summed E-state index contributed by atoms with van der Waals surface area (Å²) in [6.07, 6.45) is 4.14. The molecule has 0 saturated heterocycles. The predicted octanol–water partition coefficient (Wildman–Crippen LogP) is 3.92. The van der Waals surface area contributed by atoms with Crippen LogP contribution in [0, 0.1) is 0 Å². The number of carbonyl (C=O) groups excluding carboxylic acids is 4. The van der Waals surface area contributed by atoms with Crippen LogP contribution in [0.25, 0.3) is 0 Å². The molecule has 0 fully saturated rings. The average Bonchev–Trinajstić information content (AvgIpc) is 2.83. The minimum Gasteiger partial charge on any atom is -0.508 e. The van der Waals surface area contributed by atoms with E-state index >= 15 is 0 Å². The first-order valence-corrected chi connectivity index (χ1v) is 13.5. The summed E-state index contributed by atoms with van der Waals surface area (Å²) in [5.41, 5.74) is 5.07. The van der Waals surface area contributed by atoms with Crippen molar-refractivity contribution < 1.29 is 29.0 Å². The van der Waals surface area contributed by atoms with Crippen LogP contribution in [0.2, 0.25) is 0 Å². The summed E-state index contributed by atoms with van der Waals surface area (Å²) >= 11 is 0. The molecule has 5 N–H and O–H groups in total. The third-order valence-corrected chi connectivity index (χ3v) is 5.80. The van der Waals surface area contributed by atoms with Crippen LogP contribution in [0.1, 0.15) is 97.6 Å². The molecule has 0 aliphatic carbocycles. The molecule has 0 radical (unpaired) electrons. The number of amides is 4. The molecule has 1 aromatic rings. The second kappa shape index (κ2) is 16.5. The molecule has 0 aromatic heterocycles. The lowest BCUT2D eigenvalue weighted by atomic mass is 10.0. The largest absolute Gasteiger partial charge is 0.508 e. The molecule has 2 unspecified atom stereocenters. The Bertz CT molecular complexity index is 898. The van der Waals surface area contributed by atoms with Gasteiger partial charge in [-0.1, -0.05) is 51.7 Å². The van der Waals surface area contributed by atoms with Crippen molar-refractivity contribution >= 4 is 23.8 Å². The number of phenols is 1. The monoisotopic (exact) mass is 534 g/mol. The summed E-state index contributed by atoms with van der Waals surface area (Å²) in [6.45, 7) is 9.90. The molecule has 0 saturated carbocycles. The molecule has 0 spiro atoms. The standard InChI is InChI=1S/C28H46N4O6/c1-6-8-10-11-19-32(24(25(35)30-18-9-7-2)20-12-14-21(33)15-13-20)26(36)22(16-17-23(29)34)31-27(37)38-28(3,4)5/h12-15,22,24,33H,6-11,16-19H2,1-5H3,(H2,29,34)(H,30,35)(H,31,37).